The number of carbonyl (C=O) groups is 1. The van der Waals surface area contributed by atoms with Gasteiger partial charge < -0.3 is 0 Å². The molecule has 0 bridgehead atoms. The molecule has 0 saturated carbocycles. The quantitative estimate of drug-likeness (QED) is 0.468. The highest BCUT2D eigenvalue weighted by molar-refractivity contribution is 5.50. The van der Waals surface area contributed by atoms with Crippen LogP contribution in [0.15, 0.2) is 6.07 Å². The van der Waals surface area contributed by atoms with Gasteiger partial charge in [0.15, 0.2) is 0 Å². The fraction of sp³-hybridized carbons (Fsp3) is 0.333. The van der Waals surface area contributed by atoms with Gasteiger partial charge in [0, 0.05) is 13.1 Å². The maximum Gasteiger partial charge on any atom is 0.225 e. The fourth-order valence-corrected chi connectivity index (χ4v) is 0.831. The molecule has 1 amide bonds. The van der Waals surface area contributed by atoms with E-state index >= 15 is 0 Å². The molecule has 0 aliphatic carbocycles. The zero-order valence-corrected chi connectivity index (χ0v) is 6.46. The number of nitrogens with zero attached hydrogens (tertiary/aromatic N) is 2. The number of aromatic nitrogens is 2. The van der Waals surface area contributed by atoms with E-state index in [1.54, 1.807) is 11.7 Å². The topological polar surface area (TPSA) is 58.9 Å². The van der Waals surface area contributed by atoms with Crippen molar-refractivity contribution in [3.63, 3.8) is 0 Å². The van der Waals surface area contributed by atoms with Gasteiger partial charge in [-0.3, -0.25) is 20.3 Å². The van der Waals surface area contributed by atoms with Gasteiger partial charge in [-0.2, -0.15) is 5.10 Å². The summed E-state index contributed by atoms with van der Waals surface area (Å²) in [5.74, 6) is 0.759. The lowest BCUT2D eigenvalue weighted by atomic mass is 10.5. The Labute approximate surface area is 64.4 Å². The normalized spacial score (nSPS) is 9.27. The van der Waals surface area contributed by atoms with Crippen LogP contribution < -0.4 is 10.9 Å². The van der Waals surface area contributed by atoms with Gasteiger partial charge >= 0.3 is 0 Å². The lowest BCUT2D eigenvalue weighted by Crippen LogP contribution is -2.20. The van der Waals surface area contributed by atoms with Crippen LogP contribution in [0.3, 0.4) is 0 Å². The second-order valence-electron chi connectivity index (χ2n) is 2.18. The summed E-state index contributed by atoms with van der Waals surface area (Å²) in [7, 11) is 1.79. The third kappa shape index (κ3) is 1.70. The van der Waals surface area contributed by atoms with Crippen molar-refractivity contribution in [1.29, 1.82) is 0 Å². The molecule has 0 spiro atoms. The predicted octanol–water partition coefficient (Wildman–Crippen LogP) is -0.199. The van der Waals surface area contributed by atoms with Crippen LogP contribution in [0.1, 0.15) is 5.69 Å². The molecule has 60 valence electrons. The standard InChI is InChI=1S/C6H10N4O/c1-5-3-6(8-7-4-11)10(2)9-5/h3-4,8H,1-2H3,(H,7,11). The number of hydrazine groups is 1. The SMILES string of the molecule is Cc1cc(NNC=O)n(C)n1. The molecule has 0 aliphatic heterocycles. The molecule has 0 atom stereocenters. The summed E-state index contributed by atoms with van der Waals surface area (Å²) in [6.07, 6.45) is 0.572. The molecule has 0 aliphatic rings. The molecule has 0 fully saturated rings. The largest absolute Gasteiger partial charge is 0.282 e. The van der Waals surface area contributed by atoms with Gasteiger partial charge in [-0.25, -0.2) is 0 Å². The molecular weight excluding hydrogens is 144 g/mol. The van der Waals surface area contributed by atoms with E-state index in [2.05, 4.69) is 16.0 Å². The van der Waals surface area contributed by atoms with Crippen molar-refractivity contribution in [3.8, 4) is 0 Å². The molecule has 1 rings (SSSR count). The Kier molecular flexibility index (Phi) is 2.10. The molecule has 1 aromatic heterocycles. The number of amides is 1. The molecule has 0 saturated heterocycles. The lowest BCUT2D eigenvalue weighted by Gasteiger charge is -2.01. The molecule has 11 heavy (non-hydrogen) atoms. The Morgan fingerprint density at radius 2 is 2.45 bits per heavy atom. The number of hydrogen-bond donors (Lipinski definition) is 2. The number of rotatable bonds is 3. The van der Waals surface area contributed by atoms with Crippen molar-refractivity contribution in [2.45, 2.75) is 6.92 Å². The first-order valence-corrected chi connectivity index (χ1v) is 3.20. The van der Waals surface area contributed by atoms with Crippen LogP contribution in [0, 0.1) is 6.92 Å². The minimum Gasteiger partial charge on any atom is -0.282 e. The van der Waals surface area contributed by atoms with Gasteiger partial charge in [-0.05, 0) is 6.92 Å². The van der Waals surface area contributed by atoms with Crippen LogP contribution in [0.25, 0.3) is 0 Å². The molecule has 0 unspecified atom stereocenters. The first kappa shape index (κ1) is 7.59. The highest BCUT2D eigenvalue weighted by Crippen LogP contribution is 2.05. The van der Waals surface area contributed by atoms with E-state index in [4.69, 9.17) is 0 Å². The summed E-state index contributed by atoms with van der Waals surface area (Å²) in [5, 5.41) is 4.06. The van der Waals surface area contributed by atoms with Crippen molar-refractivity contribution in [2.75, 3.05) is 5.43 Å². The summed E-state index contributed by atoms with van der Waals surface area (Å²) in [6.45, 7) is 1.88. The average molecular weight is 154 g/mol. The Hall–Kier alpha value is -1.52. The zero-order valence-electron chi connectivity index (χ0n) is 6.46. The van der Waals surface area contributed by atoms with Crippen molar-refractivity contribution in [2.24, 2.45) is 7.05 Å². The summed E-state index contributed by atoms with van der Waals surface area (Å²) < 4.78 is 1.64. The maximum atomic E-state index is 9.89. The molecular formula is C6H10N4O. The third-order valence-electron chi connectivity index (χ3n) is 1.26. The Balaban J connectivity index is 2.69. The van der Waals surface area contributed by atoms with E-state index in [0.717, 1.165) is 11.5 Å². The number of anilines is 1. The molecule has 2 N–H and O–H groups in total. The number of aryl methyl sites for hydroxylation is 2. The first-order valence-electron chi connectivity index (χ1n) is 3.20. The van der Waals surface area contributed by atoms with E-state index in [9.17, 15) is 4.79 Å². The molecule has 0 radical (unpaired) electrons. The molecule has 5 nitrogen and oxygen atoms in total. The van der Waals surface area contributed by atoms with Gasteiger partial charge in [0.25, 0.3) is 0 Å². The van der Waals surface area contributed by atoms with Gasteiger partial charge in [0.2, 0.25) is 6.41 Å². The van der Waals surface area contributed by atoms with Gasteiger partial charge in [-0.1, -0.05) is 0 Å². The van der Waals surface area contributed by atoms with E-state index < -0.39 is 0 Å². The predicted molar refractivity (Wildman–Crippen MR) is 40.8 cm³/mol. The van der Waals surface area contributed by atoms with Crippen molar-refractivity contribution < 1.29 is 4.79 Å². The lowest BCUT2D eigenvalue weighted by molar-refractivity contribution is -0.109. The van der Waals surface area contributed by atoms with Crippen molar-refractivity contribution in [1.82, 2.24) is 15.2 Å². The summed E-state index contributed by atoms with van der Waals surface area (Å²) >= 11 is 0. The van der Waals surface area contributed by atoms with E-state index in [1.807, 2.05) is 13.0 Å². The van der Waals surface area contributed by atoms with Gasteiger partial charge in [0.05, 0.1) is 5.69 Å². The Morgan fingerprint density at radius 1 is 1.73 bits per heavy atom. The molecule has 1 heterocycles. The Bertz CT molecular complexity index is 255. The molecule has 5 heteroatoms. The third-order valence-corrected chi connectivity index (χ3v) is 1.26. The van der Waals surface area contributed by atoms with Crippen LogP contribution in [0.4, 0.5) is 5.82 Å². The second-order valence-corrected chi connectivity index (χ2v) is 2.18. The smallest absolute Gasteiger partial charge is 0.225 e. The van der Waals surface area contributed by atoms with E-state index in [-0.39, 0.29) is 0 Å². The monoisotopic (exact) mass is 154 g/mol. The summed E-state index contributed by atoms with van der Waals surface area (Å²) in [4.78, 5) is 9.89. The first-order chi connectivity index (χ1) is 5.24. The fourth-order valence-electron chi connectivity index (χ4n) is 0.831. The average Bonchev–Trinajstić information content (AvgIpc) is 2.26. The maximum absolute atomic E-state index is 9.89. The second kappa shape index (κ2) is 3.05. The molecule has 0 aromatic carbocycles. The highest BCUT2D eigenvalue weighted by atomic mass is 16.1. The summed E-state index contributed by atoms with van der Waals surface area (Å²) in [6, 6.07) is 1.83. The van der Waals surface area contributed by atoms with Crippen molar-refractivity contribution in [3.05, 3.63) is 11.8 Å². The van der Waals surface area contributed by atoms with E-state index in [0.29, 0.717) is 6.41 Å². The number of carbonyl (C=O) groups excluding carboxylic acids is 1. The van der Waals surface area contributed by atoms with Gasteiger partial charge in [0.1, 0.15) is 5.82 Å². The van der Waals surface area contributed by atoms with Crippen LogP contribution in [0.2, 0.25) is 0 Å². The van der Waals surface area contributed by atoms with Gasteiger partial charge in [-0.15, -0.1) is 0 Å². The highest BCUT2D eigenvalue weighted by Gasteiger charge is 1.98. The number of nitrogens with one attached hydrogen (secondary N) is 2. The minimum atomic E-state index is 0.572. The van der Waals surface area contributed by atoms with Crippen LogP contribution >= 0.6 is 0 Å². The van der Waals surface area contributed by atoms with Crippen LogP contribution in [0.5, 0.6) is 0 Å². The Morgan fingerprint density at radius 3 is 2.91 bits per heavy atom. The molecule has 1 aromatic rings. The minimum absolute atomic E-state index is 0.572. The summed E-state index contributed by atoms with van der Waals surface area (Å²) in [5.41, 5.74) is 5.90. The van der Waals surface area contributed by atoms with Crippen molar-refractivity contribution >= 4 is 12.2 Å². The number of hydrogen-bond acceptors (Lipinski definition) is 3. The van der Waals surface area contributed by atoms with Crippen LogP contribution in [-0.4, -0.2) is 16.2 Å². The van der Waals surface area contributed by atoms with Crippen LogP contribution in [-0.2, 0) is 11.8 Å². The van der Waals surface area contributed by atoms with E-state index in [1.165, 1.54) is 0 Å². The zero-order chi connectivity index (χ0) is 8.27.